The second-order valence-electron chi connectivity index (χ2n) is 3.32. The van der Waals surface area contributed by atoms with Crippen molar-refractivity contribution in [2.24, 2.45) is 0 Å². The minimum absolute atomic E-state index is 0.0157. The van der Waals surface area contributed by atoms with Crippen LogP contribution in [0, 0.1) is 12.7 Å². The lowest BCUT2D eigenvalue weighted by Gasteiger charge is -2.13. The second-order valence-corrected chi connectivity index (χ2v) is 3.32. The van der Waals surface area contributed by atoms with Crippen molar-refractivity contribution < 1.29 is 23.4 Å². The maximum Gasteiger partial charge on any atom is 0.338 e. The Kier molecular flexibility index (Phi) is 4.31. The lowest BCUT2D eigenvalue weighted by Crippen LogP contribution is -2.09. The Bertz CT molecular complexity index is 429. The molecule has 1 aromatic carbocycles. The monoisotopic (exact) mass is 242 g/mol. The normalized spacial score (nSPS) is 9.94. The van der Waals surface area contributed by atoms with Crippen LogP contribution in [0.25, 0.3) is 0 Å². The molecule has 0 aliphatic rings. The summed E-state index contributed by atoms with van der Waals surface area (Å²) in [6.07, 6.45) is 0. The van der Waals surface area contributed by atoms with Gasteiger partial charge in [-0.2, -0.15) is 0 Å². The molecule has 0 aromatic heterocycles. The molecule has 0 saturated heterocycles. The molecule has 0 aliphatic heterocycles. The van der Waals surface area contributed by atoms with E-state index in [1.54, 1.807) is 6.92 Å². The van der Waals surface area contributed by atoms with Gasteiger partial charge in [0, 0.05) is 5.56 Å². The predicted molar refractivity (Wildman–Crippen MR) is 60.2 cm³/mol. The maximum absolute atomic E-state index is 13.9. The third-order valence-electron chi connectivity index (χ3n) is 2.35. The number of methoxy groups -OCH3 is 2. The fourth-order valence-corrected chi connectivity index (χ4v) is 1.46. The number of halogens is 1. The molecule has 17 heavy (non-hydrogen) atoms. The van der Waals surface area contributed by atoms with E-state index < -0.39 is 11.8 Å². The van der Waals surface area contributed by atoms with E-state index in [0.717, 1.165) is 0 Å². The fraction of sp³-hybridized carbons (Fsp3) is 0.417. The molecule has 0 unspecified atom stereocenters. The Morgan fingerprint density at radius 3 is 2.47 bits per heavy atom. The highest BCUT2D eigenvalue weighted by atomic mass is 19.1. The van der Waals surface area contributed by atoms with Gasteiger partial charge in [-0.05, 0) is 19.9 Å². The molecule has 0 N–H and O–H groups in total. The summed E-state index contributed by atoms with van der Waals surface area (Å²) in [7, 11) is 2.71. The third kappa shape index (κ3) is 2.49. The van der Waals surface area contributed by atoms with Gasteiger partial charge in [0.2, 0.25) is 0 Å². The Labute approximate surface area is 99.3 Å². The van der Waals surface area contributed by atoms with Gasteiger partial charge in [-0.3, -0.25) is 0 Å². The Morgan fingerprint density at radius 2 is 2.00 bits per heavy atom. The lowest BCUT2D eigenvalue weighted by atomic mass is 10.1. The van der Waals surface area contributed by atoms with E-state index in [1.165, 1.54) is 27.2 Å². The van der Waals surface area contributed by atoms with E-state index in [1.807, 2.05) is 0 Å². The predicted octanol–water partition coefficient (Wildman–Crippen LogP) is 2.33. The van der Waals surface area contributed by atoms with E-state index in [9.17, 15) is 9.18 Å². The number of ether oxygens (including phenoxy) is 3. The number of carbonyl (C=O) groups excluding carboxylic acids is 1. The van der Waals surface area contributed by atoms with Gasteiger partial charge in [0.05, 0.1) is 26.4 Å². The maximum atomic E-state index is 13.9. The van der Waals surface area contributed by atoms with Crippen LogP contribution in [-0.4, -0.2) is 26.8 Å². The molecule has 0 bridgehead atoms. The first-order valence-corrected chi connectivity index (χ1v) is 5.15. The Morgan fingerprint density at radius 1 is 1.35 bits per heavy atom. The minimum Gasteiger partial charge on any atom is -0.493 e. The molecule has 0 atom stereocenters. The second kappa shape index (κ2) is 5.52. The number of hydrogen-bond donors (Lipinski definition) is 0. The fourth-order valence-electron chi connectivity index (χ4n) is 1.46. The molecule has 94 valence electrons. The number of esters is 1. The highest BCUT2D eigenvalue weighted by Crippen LogP contribution is 2.34. The molecule has 0 radical (unpaired) electrons. The molecular weight excluding hydrogens is 227 g/mol. The smallest absolute Gasteiger partial charge is 0.338 e. The van der Waals surface area contributed by atoms with Gasteiger partial charge in [-0.25, -0.2) is 9.18 Å². The van der Waals surface area contributed by atoms with Crippen LogP contribution in [0.1, 0.15) is 22.8 Å². The van der Waals surface area contributed by atoms with E-state index in [-0.39, 0.29) is 29.2 Å². The molecule has 0 spiro atoms. The molecule has 1 rings (SSSR count). The summed E-state index contributed by atoms with van der Waals surface area (Å²) in [4.78, 5) is 11.6. The number of rotatable bonds is 4. The molecule has 4 nitrogen and oxygen atoms in total. The van der Waals surface area contributed by atoms with Crippen LogP contribution >= 0.6 is 0 Å². The molecule has 0 aliphatic carbocycles. The Hall–Kier alpha value is -1.78. The number of hydrogen-bond acceptors (Lipinski definition) is 4. The van der Waals surface area contributed by atoms with Crippen LogP contribution < -0.4 is 9.47 Å². The molecule has 0 heterocycles. The Balaban J connectivity index is 3.34. The first kappa shape index (κ1) is 13.3. The van der Waals surface area contributed by atoms with Crippen LogP contribution in [0.15, 0.2) is 6.07 Å². The van der Waals surface area contributed by atoms with Crippen molar-refractivity contribution >= 4 is 5.97 Å². The van der Waals surface area contributed by atoms with E-state index in [2.05, 4.69) is 0 Å². The zero-order valence-electron chi connectivity index (χ0n) is 10.3. The summed E-state index contributed by atoms with van der Waals surface area (Å²) < 4.78 is 28.6. The minimum atomic E-state index is -0.616. The van der Waals surface area contributed by atoms with Gasteiger partial charge < -0.3 is 14.2 Å². The van der Waals surface area contributed by atoms with Crippen molar-refractivity contribution in [2.45, 2.75) is 13.8 Å². The molecule has 0 fully saturated rings. The first-order chi connectivity index (χ1) is 8.06. The van der Waals surface area contributed by atoms with Crippen LogP contribution in [0.5, 0.6) is 11.5 Å². The van der Waals surface area contributed by atoms with Crippen molar-refractivity contribution in [1.29, 1.82) is 0 Å². The average Bonchev–Trinajstić information content (AvgIpc) is 2.32. The van der Waals surface area contributed by atoms with Crippen molar-refractivity contribution in [1.82, 2.24) is 0 Å². The van der Waals surface area contributed by atoms with E-state index in [0.29, 0.717) is 0 Å². The van der Waals surface area contributed by atoms with Gasteiger partial charge in [0.1, 0.15) is 0 Å². The van der Waals surface area contributed by atoms with Gasteiger partial charge in [0.15, 0.2) is 17.3 Å². The van der Waals surface area contributed by atoms with Crippen molar-refractivity contribution in [3.8, 4) is 11.5 Å². The summed E-state index contributed by atoms with van der Waals surface area (Å²) in [6.45, 7) is 3.40. The van der Waals surface area contributed by atoms with E-state index >= 15 is 0 Å². The molecule has 1 aromatic rings. The zero-order valence-corrected chi connectivity index (χ0v) is 10.3. The highest BCUT2D eigenvalue weighted by Gasteiger charge is 2.21. The molecular formula is C12H15FO4. The zero-order chi connectivity index (χ0) is 13.0. The highest BCUT2D eigenvalue weighted by molar-refractivity contribution is 5.92. The van der Waals surface area contributed by atoms with Crippen LogP contribution in [-0.2, 0) is 4.74 Å². The SMILES string of the molecule is CCOC(=O)c1cc(OC)c(OC)c(F)c1C. The van der Waals surface area contributed by atoms with Crippen LogP contribution in [0.2, 0.25) is 0 Å². The van der Waals surface area contributed by atoms with E-state index in [4.69, 9.17) is 14.2 Å². The standard InChI is InChI=1S/C12H15FO4/c1-5-17-12(14)8-6-9(15-3)11(16-4)10(13)7(8)2/h6H,5H2,1-4H3. The summed E-state index contributed by atoms with van der Waals surface area (Å²) in [5.74, 6) is -1.04. The van der Waals surface area contributed by atoms with Crippen molar-refractivity contribution in [3.05, 3.63) is 23.0 Å². The van der Waals surface area contributed by atoms with Gasteiger partial charge in [-0.1, -0.05) is 0 Å². The molecule has 0 saturated carbocycles. The summed E-state index contributed by atoms with van der Waals surface area (Å²) in [5.41, 5.74) is 0.322. The quantitative estimate of drug-likeness (QED) is 0.760. The van der Waals surface area contributed by atoms with Gasteiger partial charge >= 0.3 is 5.97 Å². The topological polar surface area (TPSA) is 44.8 Å². The van der Waals surface area contributed by atoms with Gasteiger partial charge in [-0.15, -0.1) is 0 Å². The van der Waals surface area contributed by atoms with Crippen LogP contribution in [0.4, 0.5) is 4.39 Å². The van der Waals surface area contributed by atoms with Gasteiger partial charge in [0.25, 0.3) is 0 Å². The van der Waals surface area contributed by atoms with Crippen molar-refractivity contribution in [3.63, 3.8) is 0 Å². The molecule has 5 heteroatoms. The first-order valence-electron chi connectivity index (χ1n) is 5.15. The average molecular weight is 242 g/mol. The lowest BCUT2D eigenvalue weighted by molar-refractivity contribution is 0.0524. The third-order valence-corrected chi connectivity index (χ3v) is 2.35. The largest absolute Gasteiger partial charge is 0.493 e. The number of benzene rings is 1. The van der Waals surface area contributed by atoms with Crippen molar-refractivity contribution in [2.75, 3.05) is 20.8 Å². The summed E-state index contributed by atoms with van der Waals surface area (Å²) >= 11 is 0. The molecule has 0 amide bonds. The summed E-state index contributed by atoms with van der Waals surface area (Å²) in [6, 6.07) is 1.41. The van der Waals surface area contributed by atoms with Crippen LogP contribution in [0.3, 0.4) is 0 Å². The summed E-state index contributed by atoms with van der Waals surface area (Å²) in [5, 5.41) is 0. The number of carbonyl (C=O) groups is 1.